The number of anilines is 1. The molecule has 0 spiro atoms. The number of ether oxygens (including phenoxy) is 1. The molecule has 0 aromatic heterocycles. The Balaban J connectivity index is 2.01. The van der Waals surface area contributed by atoms with E-state index in [9.17, 15) is 9.59 Å². The molecule has 0 bridgehead atoms. The number of aryl methyl sites for hydroxylation is 2. The Morgan fingerprint density at radius 3 is 2.16 bits per heavy atom. The summed E-state index contributed by atoms with van der Waals surface area (Å²) in [6.45, 7) is 3.83. The minimum atomic E-state index is -0.978. The molecular formula is C25H24Cl2N2O3. The fraction of sp³-hybridized carbons (Fsp3) is 0.200. The molecule has 7 heteroatoms. The molecule has 0 aliphatic carbocycles. The monoisotopic (exact) mass is 470 g/mol. The number of carbonyl (C=O) groups is 2. The molecule has 3 rings (SSSR count). The molecule has 0 unspecified atom stereocenters. The molecule has 0 aliphatic heterocycles. The largest absolute Gasteiger partial charge is 0.497 e. The molecule has 5 nitrogen and oxygen atoms in total. The van der Waals surface area contributed by atoms with Crippen molar-refractivity contribution in [3.05, 3.63) is 93.0 Å². The molecule has 166 valence electrons. The van der Waals surface area contributed by atoms with Crippen molar-refractivity contribution >= 4 is 40.7 Å². The van der Waals surface area contributed by atoms with Crippen molar-refractivity contribution in [2.75, 3.05) is 19.5 Å². The molecule has 0 aliphatic rings. The first-order chi connectivity index (χ1) is 15.2. The summed E-state index contributed by atoms with van der Waals surface area (Å²) in [7, 11) is 3.13. The van der Waals surface area contributed by atoms with Gasteiger partial charge in [0.05, 0.1) is 7.11 Å². The van der Waals surface area contributed by atoms with Gasteiger partial charge < -0.3 is 15.0 Å². The van der Waals surface area contributed by atoms with Gasteiger partial charge in [-0.05, 0) is 61.4 Å². The predicted octanol–water partition coefficient (Wildman–Crippen LogP) is 6.07. The Morgan fingerprint density at radius 2 is 1.59 bits per heavy atom. The van der Waals surface area contributed by atoms with E-state index in [1.54, 1.807) is 56.6 Å². The summed E-state index contributed by atoms with van der Waals surface area (Å²) in [5, 5.41) is 3.72. The first-order valence-corrected chi connectivity index (χ1v) is 10.7. The molecule has 32 heavy (non-hydrogen) atoms. The van der Waals surface area contributed by atoms with Crippen LogP contribution in [0.1, 0.15) is 33.1 Å². The highest BCUT2D eigenvalue weighted by Crippen LogP contribution is 2.32. The third-order valence-corrected chi connectivity index (χ3v) is 5.84. The Bertz CT molecular complexity index is 1130. The van der Waals surface area contributed by atoms with Gasteiger partial charge in [-0.3, -0.25) is 9.59 Å². The van der Waals surface area contributed by atoms with E-state index in [0.29, 0.717) is 32.6 Å². The van der Waals surface area contributed by atoms with E-state index in [4.69, 9.17) is 27.9 Å². The zero-order chi connectivity index (χ0) is 23.4. The number of methoxy groups -OCH3 is 1. The topological polar surface area (TPSA) is 58.6 Å². The lowest BCUT2D eigenvalue weighted by atomic mass is 10.0. The van der Waals surface area contributed by atoms with Gasteiger partial charge >= 0.3 is 0 Å². The Morgan fingerprint density at radius 1 is 0.969 bits per heavy atom. The van der Waals surface area contributed by atoms with Gasteiger partial charge in [-0.2, -0.15) is 0 Å². The lowest BCUT2D eigenvalue weighted by molar-refractivity contribution is -0.120. The summed E-state index contributed by atoms with van der Waals surface area (Å²) in [4.78, 5) is 28.2. The van der Waals surface area contributed by atoms with Crippen molar-refractivity contribution < 1.29 is 14.3 Å². The molecular weight excluding hydrogens is 447 g/mol. The van der Waals surface area contributed by atoms with E-state index in [1.165, 1.54) is 4.90 Å². The fourth-order valence-corrected chi connectivity index (χ4v) is 4.02. The Kier molecular flexibility index (Phi) is 7.44. The van der Waals surface area contributed by atoms with Crippen LogP contribution in [0.25, 0.3) is 0 Å². The summed E-state index contributed by atoms with van der Waals surface area (Å²) >= 11 is 12.5. The highest BCUT2D eigenvalue weighted by molar-refractivity contribution is 6.35. The summed E-state index contributed by atoms with van der Waals surface area (Å²) in [6, 6.07) is 16.3. The second-order valence-corrected chi connectivity index (χ2v) is 8.31. The number of benzene rings is 3. The molecule has 3 aromatic rings. The molecule has 0 saturated heterocycles. The van der Waals surface area contributed by atoms with Crippen LogP contribution in [0, 0.1) is 13.8 Å². The van der Waals surface area contributed by atoms with Crippen LogP contribution in [0.4, 0.5) is 5.69 Å². The third-order valence-electron chi connectivity index (χ3n) is 5.28. The molecule has 0 radical (unpaired) electrons. The van der Waals surface area contributed by atoms with Gasteiger partial charge in [0.25, 0.3) is 11.8 Å². The minimum Gasteiger partial charge on any atom is -0.497 e. The first kappa shape index (κ1) is 23.6. The van der Waals surface area contributed by atoms with Gasteiger partial charge in [0.15, 0.2) is 0 Å². The number of carbonyl (C=O) groups excluding carboxylic acids is 2. The van der Waals surface area contributed by atoms with Crippen molar-refractivity contribution in [2.45, 2.75) is 19.9 Å². The highest BCUT2D eigenvalue weighted by atomic mass is 35.5. The van der Waals surface area contributed by atoms with Crippen molar-refractivity contribution in [3.63, 3.8) is 0 Å². The lowest BCUT2D eigenvalue weighted by Crippen LogP contribution is -2.39. The van der Waals surface area contributed by atoms with E-state index >= 15 is 0 Å². The summed E-state index contributed by atoms with van der Waals surface area (Å²) in [5.41, 5.74) is 3.44. The van der Waals surface area contributed by atoms with E-state index in [0.717, 1.165) is 11.1 Å². The lowest BCUT2D eigenvalue weighted by Gasteiger charge is -2.29. The first-order valence-electron chi connectivity index (χ1n) is 9.96. The number of halogens is 2. The van der Waals surface area contributed by atoms with E-state index in [-0.39, 0.29) is 11.8 Å². The Hall–Kier alpha value is -3.02. The van der Waals surface area contributed by atoms with Crippen LogP contribution in [0.15, 0.2) is 60.7 Å². The van der Waals surface area contributed by atoms with Crippen LogP contribution >= 0.6 is 23.2 Å². The zero-order valence-corrected chi connectivity index (χ0v) is 19.8. The van der Waals surface area contributed by atoms with E-state index < -0.39 is 6.04 Å². The highest BCUT2D eigenvalue weighted by Gasteiger charge is 2.31. The minimum absolute atomic E-state index is 0.300. The standard InChI is InChI=1S/C25H24Cl2N2O3/c1-15-6-5-7-16(2)22(15)28-24(30)23(20-13-10-18(26)14-21(20)27)29(3)25(31)17-8-11-19(32-4)12-9-17/h5-14,23H,1-4H3,(H,28,30)/t23-/m0/s1. The smallest absolute Gasteiger partial charge is 0.254 e. The number of hydrogen-bond acceptors (Lipinski definition) is 3. The molecule has 0 saturated carbocycles. The van der Waals surface area contributed by atoms with Crippen LogP contribution in [0.2, 0.25) is 10.0 Å². The number of amides is 2. The number of hydrogen-bond donors (Lipinski definition) is 1. The van der Waals surface area contributed by atoms with Crippen LogP contribution in [0.3, 0.4) is 0 Å². The number of likely N-dealkylation sites (N-methyl/N-ethyl adjacent to an activating group) is 1. The number of nitrogens with zero attached hydrogens (tertiary/aromatic N) is 1. The fourth-order valence-electron chi connectivity index (χ4n) is 3.51. The molecule has 0 fully saturated rings. The summed E-state index contributed by atoms with van der Waals surface area (Å²) < 4.78 is 5.16. The van der Waals surface area contributed by atoms with Crippen molar-refractivity contribution in [1.29, 1.82) is 0 Å². The van der Waals surface area contributed by atoms with Gasteiger partial charge in [-0.15, -0.1) is 0 Å². The molecule has 3 aromatic carbocycles. The number of para-hydroxylation sites is 1. The second kappa shape index (κ2) is 10.1. The molecule has 0 heterocycles. The van der Waals surface area contributed by atoms with Gasteiger partial charge in [0.1, 0.15) is 11.8 Å². The molecule has 1 N–H and O–H groups in total. The predicted molar refractivity (Wildman–Crippen MR) is 129 cm³/mol. The van der Waals surface area contributed by atoms with Gasteiger partial charge in [-0.1, -0.05) is 47.5 Å². The van der Waals surface area contributed by atoms with Gasteiger partial charge in [-0.25, -0.2) is 0 Å². The average molecular weight is 471 g/mol. The SMILES string of the molecule is COc1ccc(C(=O)N(C)[C@H](C(=O)Nc2c(C)cccc2C)c2ccc(Cl)cc2Cl)cc1. The van der Waals surface area contributed by atoms with E-state index in [2.05, 4.69) is 5.32 Å². The maximum Gasteiger partial charge on any atom is 0.254 e. The van der Waals surface area contributed by atoms with Crippen molar-refractivity contribution in [2.24, 2.45) is 0 Å². The maximum absolute atomic E-state index is 13.5. The van der Waals surface area contributed by atoms with Crippen LogP contribution in [0.5, 0.6) is 5.75 Å². The summed E-state index contributed by atoms with van der Waals surface area (Å²) in [5.74, 6) is -0.0782. The quantitative estimate of drug-likeness (QED) is 0.475. The molecule has 2 amide bonds. The van der Waals surface area contributed by atoms with Crippen LogP contribution in [-0.2, 0) is 4.79 Å². The van der Waals surface area contributed by atoms with Crippen molar-refractivity contribution in [1.82, 2.24) is 4.90 Å². The van der Waals surface area contributed by atoms with Crippen molar-refractivity contribution in [3.8, 4) is 5.75 Å². The third kappa shape index (κ3) is 5.06. The number of rotatable bonds is 6. The van der Waals surface area contributed by atoms with Gasteiger partial charge in [0.2, 0.25) is 0 Å². The molecule has 1 atom stereocenters. The number of nitrogens with one attached hydrogen (secondary N) is 1. The summed E-state index contributed by atoms with van der Waals surface area (Å²) in [6.07, 6.45) is 0. The van der Waals surface area contributed by atoms with Crippen LogP contribution < -0.4 is 10.1 Å². The second-order valence-electron chi connectivity index (χ2n) is 7.47. The Labute approximate surface area is 197 Å². The normalized spacial score (nSPS) is 11.6. The van der Waals surface area contributed by atoms with Crippen LogP contribution in [-0.4, -0.2) is 30.9 Å². The zero-order valence-electron chi connectivity index (χ0n) is 18.3. The van der Waals surface area contributed by atoms with E-state index in [1.807, 2.05) is 32.0 Å². The maximum atomic E-state index is 13.5. The average Bonchev–Trinajstić information content (AvgIpc) is 2.77. The van der Waals surface area contributed by atoms with Gasteiger partial charge in [0, 0.05) is 33.9 Å².